The summed E-state index contributed by atoms with van der Waals surface area (Å²) in [5.74, 6) is -0.417. The van der Waals surface area contributed by atoms with Crippen molar-refractivity contribution in [2.24, 2.45) is 0 Å². The highest BCUT2D eigenvalue weighted by Crippen LogP contribution is 2.12. The highest BCUT2D eigenvalue weighted by Gasteiger charge is 2.18. The number of amides is 1. The average Bonchev–Trinajstić information content (AvgIpc) is 2.40. The summed E-state index contributed by atoms with van der Waals surface area (Å²) < 4.78 is 0. The minimum atomic E-state index is -0.817. The second-order valence-electron chi connectivity index (χ2n) is 4.31. The zero-order chi connectivity index (χ0) is 13.8. The molecule has 1 aromatic heterocycles. The number of nitro groups is 1. The molecule has 0 radical (unpaired) electrons. The van der Waals surface area contributed by atoms with E-state index in [9.17, 15) is 19.7 Å². The van der Waals surface area contributed by atoms with Crippen LogP contribution in [-0.2, 0) is 0 Å². The molecule has 1 heterocycles. The van der Waals surface area contributed by atoms with Crippen molar-refractivity contribution in [2.75, 3.05) is 0 Å². The summed E-state index contributed by atoms with van der Waals surface area (Å²) in [6.45, 7) is 0. The van der Waals surface area contributed by atoms with Crippen LogP contribution in [0.5, 0.6) is 0 Å². The van der Waals surface area contributed by atoms with Crippen molar-refractivity contribution in [3.05, 3.63) is 50.4 Å². The van der Waals surface area contributed by atoms with Gasteiger partial charge in [0.25, 0.3) is 5.91 Å². The number of nitrogens with zero attached hydrogens (tertiary/aromatic N) is 1. The third-order valence-electron chi connectivity index (χ3n) is 2.95. The molecule has 19 heavy (non-hydrogen) atoms. The van der Waals surface area contributed by atoms with Gasteiger partial charge in [0.2, 0.25) is 0 Å². The molecule has 1 atom stereocenters. The van der Waals surface area contributed by atoms with Gasteiger partial charge < -0.3 is 10.3 Å². The number of pyridine rings is 1. The second-order valence-corrected chi connectivity index (χ2v) is 4.31. The fourth-order valence-electron chi connectivity index (χ4n) is 1.93. The molecule has 0 aliphatic heterocycles. The van der Waals surface area contributed by atoms with Gasteiger partial charge in [-0.1, -0.05) is 12.2 Å². The largest absolute Gasteiger partial charge is 0.349 e. The number of H-pyrrole nitrogens is 1. The second kappa shape index (κ2) is 5.47. The molecule has 1 aromatic rings. The number of rotatable bonds is 3. The van der Waals surface area contributed by atoms with Crippen LogP contribution in [0.15, 0.2) is 29.2 Å². The molecule has 2 N–H and O–H groups in total. The molecule has 0 aromatic carbocycles. The lowest BCUT2D eigenvalue weighted by Crippen LogP contribution is -2.35. The van der Waals surface area contributed by atoms with Crippen LogP contribution in [0.2, 0.25) is 0 Å². The molecular weight excluding hydrogens is 250 g/mol. The Balaban J connectivity index is 2.15. The van der Waals surface area contributed by atoms with E-state index in [0.717, 1.165) is 25.3 Å². The van der Waals surface area contributed by atoms with Gasteiger partial charge in [-0.25, -0.2) is 0 Å². The summed E-state index contributed by atoms with van der Waals surface area (Å²) in [6.07, 6.45) is 7.71. The Morgan fingerprint density at radius 3 is 2.89 bits per heavy atom. The SMILES string of the molecule is O=C(NC1CC=CCC1)c1c[nH]c(=O)c([N+](=O)[O-])c1. The third-order valence-corrected chi connectivity index (χ3v) is 2.95. The number of allylic oxidation sites excluding steroid dienone is 1. The van der Waals surface area contributed by atoms with Crippen LogP contribution in [0.4, 0.5) is 5.69 Å². The molecule has 0 saturated carbocycles. The lowest BCUT2D eigenvalue weighted by molar-refractivity contribution is -0.386. The van der Waals surface area contributed by atoms with Crippen molar-refractivity contribution in [3.8, 4) is 0 Å². The van der Waals surface area contributed by atoms with Crippen LogP contribution < -0.4 is 10.9 Å². The maximum absolute atomic E-state index is 11.9. The summed E-state index contributed by atoms with van der Waals surface area (Å²) in [6, 6.07) is 1.02. The van der Waals surface area contributed by atoms with E-state index < -0.39 is 22.1 Å². The molecular formula is C12H13N3O4. The molecule has 0 saturated heterocycles. The number of aromatic nitrogens is 1. The van der Waals surface area contributed by atoms with Crippen LogP contribution in [0, 0.1) is 10.1 Å². The van der Waals surface area contributed by atoms with Gasteiger partial charge in [0.05, 0.1) is 10.5 Å². The van der Waals surface area contributed by atoms with Crippen LogP contribution in [0.25, 0.3) is 0 Å². The first-order chi connectivity index (χ1) is 9.08. The first-order valence-electron chi connectivity index (χ1n) is 5.91. The van der Waals surface area contributed by atoms with E-state index in [0.29, 0.717) is 0 Å². The van der Waals surface area contributed by atoms with Crippen LogP contribution in [0.3, 0.4) is 0 Å². The first kappa shape index (κ1) is 13.0. The van der Waals surface area contributed by atoms with E-state index in [-0.39, 0.29) is 11.6 Å². The number of carbonyl (C=O) groups is 1. The van der Waals surface area contributed by atoms with E-state index in [1.807, 2.05) is 12.2 Å². The maximum atomic E-state index is 11.9. The van der Waals surface area contributed by atoms with Crippen molar-refractivity contribution >= 4 is 11.6 Å². The first-order valence-corrected chi connectivity index (χ1v) is 5.91. The summed E-state index contributed by atoms with van der Waals surface area (Å²) in [4.78, 5) is 35.1. The zero-order valence-corrected chi connectivity index (χ0v) is 10.1. The highest BCUT2D eigenvalue weighted by molar-refractivity contribution is 5.94. The lowest BCUT2D eigenvalue weighted by Gasteiger charge is -2.19. The van der Waals surface area contributed by atoms with Crippen molar-refractivity contribution in [3.63, 3.8) is 0 Å². The molecule has 7 heteroatoms. The Morgan fingerprint density at radius 1 is 1.47 bits per heavy atom. The summed E-state index contributed by atoms with van der Waals surface area (Å²) in [5.41, 5.74) is -1.36. The van der Waals surface area contributed by atoms with E-state index in [1.165, 1.54) is 6.20 Å². The molecule has 0 fully saturated rings. The van der Waals surface area contributed by atoms with Gasteiger partial charge in [0, 0.05) is 18.3 Å². The quantitative estimate of drug-likeness (QED) is 0.484. The Kier molecular flexibility index (Phi) is 3.74. The van der Waals surface area contributed by atoms with Gasteiger partial charge in [-0.3, -0.25) is 19.7 Å². The van der Waals surface area contributed by atoms with Gasteiger partial charge >= 0.3 is 11.2 Å². The number of hydrogen-bond acceptors (Lipinski definition) is 4. The number of nitrogens with one attached hydrogen (secondary N) is 2. The Bertz CT molecular complexity index is 591. The molecule has 1 unspecified atom stereocenters. The van der Waals surface area contributed by atoms with Crippen molar-refractivity contribution in [1.29, 1.82) is 0 Å². The zero-order valence-electron chi connectivity index (χ0n) is 10.1. The predicted molar refractivity (Wildman–Crippen MR) is 68.0 cm³/mol. The number of carbonyl (C=O) groups excluding carboxylic acids is 1. The van der Waals surface area contributed by atoms with Gasteiger partial charge in [0.1, 0.15) is 0 Å². The molecule has 100 valence electrons. The molecule has 1 aliphatic carbocycles. The fourth-order valence-corrected chi connectivity index (χ4v) is 1.93. The molecule has 0 bridgehead atoms. The molecule has 7 nitrogen and oxygen atoms in total. The summed E-state index contributed by atoms with van der Waals surface area (Å²) in [5, 5.41) is 13.4. The average molecular weight is 263 g/mol. The van der Waals surface area contributed by atoms with Crippen molar-refractivity contribution < 1.29 is 9.72 Å². The summed E-state index contributed by atoms with van der Waals surface area (Å²) >= 11 is 0. The minimum absolute atomic E-state index is 0.0310. The topological polar surface area (TPSA) is 105 Å². The van der Waals surface area contributed by atoms with E-state index in [2.05, 4.69) is 10.3 Å². The third kappa shape index (κ3) is 3.06. The minimum Gasteiger partial charge on any atom is -0.349 e. The maximum Gasteiger partial charge on any atom is 0.334 e. The van der Waals surface area contributed by atoms with Gasteiger partial charge in [-0.05, 0) is 19.3 Å². The van der Waals surface area contributed by atoms with Crippen LogP contribution >= 0.6 is 0 Å². The van der Waals surface area contributed by atoms with E-state index in [4.69, 9.17) is 0 Å². The Morgan fingerprint density at radius 2 is 2.26 bits per heavy atom. The van der Waals surface area contributed by atoms with Gasteiger partial charge in [-0.15, -0.1) is 0 Å². The Labute approximate surface area is 108 Å². The van der Waals surface area contributed by atoms with E-state index >= 15 is 0 Å². The van der Waals surface area contributed by atoms with Crippen LogP contribution in [-0.4, -0.2) is 21.9 Å². The lowest BCUT2D eigenvalue weighted by atomic mass is 10.0. The smallest absolute Gasteiger partial charge is 0.334 e. The van der Waals surface area contributed by atoms with Gasteiger partial charge in [-0.2, -0.15) is 0 Å². The highest BCUT2D eigenvalue weighted by atomic mass is 16.6. The van der Waals surface area contributed by atoms with E-state index in [1.54, 1.807) is 0 Å². The number of aromatic amines is 1. The number of hydrogen-bond donors (Lipinski definition) is 2. The van der Waals surface area contributed by atoms with Crippen molar-refractivity contribution in [2.45, 2.75) is 25.3 Å². The molecule has 1 aliphatic rings. The fraction of sp³-hybridized carbons (Fsp3) is 0.333. The molecule has 2 rings (SSSR count). The predicted octanol–water partition coefficient (Wildman–Crippen LogP) is 1.12. The standard InChI is InChI=1S/C12H13N3O4/c16-11(14-9-4-2-1-3-5-9)8-6-10(15(18)19)12(17)13-7-8/h1-2,6-7,9H,3-5H2,(H,13,17)(H,14,16). The van der Waals surface area contributed by atoms with Crippen LogP contribution in [0.1, 0.15) is 29.6 Å². The monoisotopic (exact) mass is 263 g/mol. The Hall–Kier alpha value is -2.44. The van der Waals surface area contributed by atoms with Gasteiger partial charge in [0.15, 0.2) is 0 Å². The summed E-state index contributed by atoms with van der Waals surface area (Å²) in [7, 11) is 0. The molecule has 1 amide bonds. The molecule has 0 spiro atoms. The normalized spacial score (nSPS) is 18.0. The van der Waals surface area contributed by atoms with Crippen molar-refractivity contribution in [1.82, 2.24) is 10.3 Å².